The molecule has 2 aromatic carbocycles. The molecule has 9 nitrogen and oxygen atoms in total. The van der Waals surface area contributed by atoms with Crippen LogP contribution in [0.2, 0.25) is 0 Å². The molecule has 1 N–H and O–H groups in total. The lowest BCUT2D eigenvalue weighted by atomic mass is 9.92. The third-order valence-corrected chi connectivity index (χ3v) is 5.65. The number of rotatable bonds is 6. The van der Waals surface area contributed by atoms with Gasteiger partial charge < -0.3 is 18.6 Å². The molecule has 3 heterocycles. The van der Waals surface area contributed by atoms with Gasteiger partial charge in [0.1, 0.15) is 29.5 Å². The van der Waals surface area contributed by atoms with Gasteiger partial charge in [0.2, 0.25) is 5.78 Å². The molecule has 198 valence electrons. The van der Waals surface area contributed by atoms with Crippen LogP contribution in [-0.4, -0.2) is 47.1 Å². The van der Waals surface area contributed by atoms with Crippen LogP contribution in [-0.2, 0) is 26.3 Å². The fourth-order valence-corrected chi connectivity index (χ4v) is 3.90. The smallest absolute Gasteiger partial charge is 0.261 e. The van der Waals surface area contributed by atoms with Crippen molar-refractivity contribution >= 4 is 32.9 Å². The summed E-state index contributed by atoms with van der Waals surface area (Å²) >= 11 is 0. The number of carbonyl (C=O) groups excluding carboxylic acids is 1. The highest BCUT2D eigenvalue weighted by Crippen LogP contribution is 2.41. The molecule has 1 aliphatic rings. The molecule has 10 heteroatoms. The van der Waals surface area contributed by atoms with E-state index in [4.69, 9.17) is 18.8 Å². The Hall–Kier alpha value is -4.15. The summed E-state index contributed by atoms with van der Waals surface area (Å²) in [5, 5.41) is 0. The Morgan fingerprint density at radius 2 is 1.58 bits per heavy atom. The number of imidazole rings is 1. The van der Waals surface area contributed by atoms with Crippen molar-refractivity contribution in [1.82, 2.24) is 9.38 Å². The number of Topliss-reactive ketones (excluding diaryl/α,β-unsaturated/α-hetero) is 1. The van der Waals surface area contributed by atoms with Gasteiger partial charge in [-0.3, -0.25) is 9.35 Å². The molecule has 2 aromatic heterocycles. The van der Waals surface area contributed by atoms with Gasteiger partial charge in [-0.1, -0.05) is 18.2 Å². The molecule has 0 aliphatic carbocycles. The molecule has 0 radical (unpaired) electrons. The number of benzene rings is 2. The zero-order valence-electron chi connectivity index (χ0n) is 21.4. The van der Waals surface area contributed by atoms with Crippen molar-refractivity contribution in [3.63, 3.8) is 0 Å². The summed E-state index contributed by atoms with van der Waals surface area (Å²) in [7, 11) is -2.04. The largest absolute Gasteiger partial charge is 0.497 e. The van der Waals surface area contributed by atoms with E-state index in [1.54, 1.807) is 21.0 Å². The second-order valence-corrected chi connectivity index (χ2v) is 10.6. The van der Waals surface area contributed by atoms with Crippen LogP contribution in [0.1, 0.15) is 30.7 Å². The molecule has 0 bridgehead atoms. The van der Waals surface area contributed by atoms with E-state index >= 15 is 0 Å². The summed E-state index contributed by atoms with van der Waals surface area (Å²) in [4.78, 5) is 17.7. The lowest BCUT2D eigenvalue weighted by molar-refractivity contribution is -0.125. The maximum Gasteiger partial charge on any atom is 0.261 e. The van der Waals surface area contributed by atoms with E-state index < -0.39 is 15.7 Å². The summed E-state index contributed by atoms with van der Waals surface area (Å²) in [5.41, 5.74) is 2.98. The molecule has 0 unspecified atom stereocenters. The molecular formula is C28H28N2O7S. The highest BCUT2D eigenvalue weighted by atomic mass is 32.2. The number of nitrogens with zero attached hydrogens (tertiary/aromatic N) is 2. The van der Waals surface area contributed by atoms with Crippen LogP contribution >= 0.6 is 0 Å². The summed E-state index contributed by atoms with van der Waals surface area (Å²) in [6.45, 7) is 3.94. The van der Waals surface area contributed by atoms with Crippen LogP contribution in [0.3, 0.4) is 0 Å². The van der Waals surface area contributed by atoms with Gasteiger partial charge in [-0.05, 0) is 67.9 Å². The van der Waals surface area contributed by atoms with Crippen molar-refractivity contribution in [2.24, 2.45) is 0 Å². The van der Waals surface area contributed by atoms with E-state index in [-0.39, 0.29) is 5.78 Å². The Morgan fingerprint density at radius 1 is 0.974 bits per heavy atom. The minimum Gasteiger partial charge on any atom is -0.497 e. The van der Waals surface area contributed by atoms with Gasteiger partial charge in [0.25, 0.3) is 10.1 Å². The Morgan fingerprint density at radius 3 is 2.18 bits per heavy atom. The molecule has 0 saturated carbocycles. The van der Waals surface area contributed by atoms with Crippen LogP contribution in [0, 0.1) is 0 Å². The fraction of sp³-hybridized carbons (Fsp3) is 0.214. The van der Waals surface area contributed by atoms with E-state index in [0.717, 1.165) is 28.2 Å². The Labute approximate surface area is 221 Å². The van der Waals surface area contributed by atoms with Crippen LogP contribution in [0.15, 0.2) is 79.1 Å². The Bertz CT molecular complexity index is 1550. The highest BCUT2D eigenvalue weighted by Gasteiger charge is 2.42. The fourth-order valence-electron chi connectivity index (χ4n) is 3.90. The number of aromatic nitrogens is 2. The Balaban J connectivity index is 0.000000617. The van der Waals surface area contributed by atoms with Crippen molar-refractivity contribution in [1.29, 1.82) is 0 Å². The lowest BCUT2D eigenvalue weighted by Gasteiger charge is -2.17. The minimum atomic E-state index is -3.67. The van der Waals surface area contributed by atoms with Gasteiger partial charge in [-0.25, -0.2) is 4.98 Å². The van der Waals surface area contributed by atoms with Crippen LogP contribution < -0.4 is 9.47 Å². The van der Waals surface area contributed by atoms with E-state index in [2.05, 4.69) is 4.98 Å². The normalized spacial score (nSPS) is 14.6. The second-order valence-electron chi connectivity index (χ2n) is 9.12. The molecule has 5 rings (SSSR count). The van der Waals surface area contributed by atoms with Crippen molar-refractivity contribution < 1.29 is 32.0 Å². The Kier molecular flexibility index (Phi) is 7.56. The number of ketones is 1. The number of hydrogen-bond donors (Lipinski definition) is 1. The summed E-state index contributed by atoms with van der Waals surface area (Å²) in [6, 6.07) is 20.9. The number of fused-ring (bicyclic) bond motifs is 1. The SMILES string of the molecule is COc1ccc(C2=C(c3ccc(OCc4cn5ccccc5n4)cc3)C(=O)C(C)(C)O2)cc1.CS(=O)(=O)O. The number of methoxy groups -OCH3 is 1. The number of pyridine rings is 1. The molecule has 0 amide bonds. The quantitative estimate of drug-likeness (QED) is 0.354. The average molecular weight is 537 g/mol. The monoisotopic (exact) mass is 536 g/mol. The molecule has 0 atom stereocenters. The molecule has 0 fully saturated rings. The van der Waals surface area contributed by atoms with E-state index in [1.807, 2.05) is 83.5 Å². The third-order valence-electron chi connectivity index (χ3n) is 5.65. The molecule has 38 heavy (non-hydrogen) atoms. The molecular weight excluding hydrogens is 508 g/mol. The number of ether oxygens (including phenoxy) is 3. The van der Waals surface area contributed by atoms with Gasteiger partial charge in [-0.2, -0.15) is 8.42 Å². The van der Waals surface area contributed by atoms with Gasteiger partial charge in [-0.15, -0.1) is 0 Å². The van der Waals surface area contributed by atoms with E-state index in [9.17, 15) is 13.2 Å². The lowest BCUT2D eigenvalue weighted by Crippen LogP contribution is -2.29. The molecule has 4 aromatic rings. The summed E-state index contributed by atoms with van der Waals surface area (Å²) < 4.78 is 45.1. The summed E-state index contributed by atoms with van der Waals surface area (Å²) in [5.74, 6) is 1.97. The third kappa shape index (κ3) is 6.39. The second kappa shape index (κ2) is 10.7. The van der Waals surface area contributed by atoms with Crippen molar-refractivity contribution in [2.45, 2.75) is 26.1 Å². The van der Waals surface area contributed by atoms with Crippen LogP contribution in [0.4, 0.5) is 0 Å². The van der Waals surface area contributed by atoms with Gasteiger partial charge in [0.05, 0.1) is 24.6 Å². The molecule has 1 aliphatic heterocycles. The highest BCUT2D eigenvalue weighted by molar-refractivity contribution is 7.85. The predicted molar refractivity (Wildman–Crippen MR) is 143 cm³/mol. The average Bonchev–Trinajstić information content (AvgIpc) is 3.40. The van der Waals surface area contributed by atoms with Crippen LogP contribution in [0.25, 0.3) is 17.0 Å². The molecule has 0 saturated heterocycles. The molecule has 0 spiro atoms. The van der Waals surface area contributed by atoms with Crippen molar-refractivity contribution in [3.8, 4) is 11.5 Å². The first-order valence-corrected chi connectivity index (χ1v) is 13.5. The van der Waals surface area contributed by atoms with Crippen molar-refractivity contribution in [2.75, 3.05) is 13.4 Å². The number of carbonyl (C=O) groups is 1. The maximum atomic E-state index is 13.2. The van der Waals surface area contributed by atoms with E-state index in [0.29, 0.717) is 29.9 Å². The van der Waals surface area contributed by atoms with E-state index in [1.165, 1.54) is 0 Å². The first-order chi connectivity index (χ1) is 17.9. The zero-order chi connectivity index (χ0) is 27.5. The first-order valence-electron chi connectivity index (χ1n) is 11.7. The van der Waals surface area contributed by atoms with Crippen molar-refractivity contribution in [3.05, 3.63) is 95.9 Å². The standard InChI is InChI=1S/C27H24N2O4.CH4O3S/c1-27(2)26(30)24(25(33-27)19-9-11-21(31-3)12-10-19)18-7-13-22(14-8-18)32-17-20-16-29-15-5-4-6-23(29)28-20;1-5(2,3)4/h4-16H,17H2,1-3H3;1H3,(H,2,3,4). The van der Waals surface area contributed by atoms with Gasteiger partial charge in [0.15, 0.2) is 5.60 Å². The maximum absolute atomic E-state index is 13.2. The minimum absolute atomic E-state index is 0.0494. The predicted octanol–water partition coefficient (Wildman–Crippen LogP) is 4.67. The number of hydrogen-bond acceptors (Lipinski definition) is 7. The van der Waals surface area contributed by atoms with Gasteiger partial charge in [0, 0.05) is 18.0 Å². The van der Waals surface area contributed by atoms with Gasteiger partial charge >= 0.3 is 0 Å². The van der Waals surface area contributed by atoms with Crippen LogP contribution in [0.5, 0.6) is 11.5 Å². The first kappa shape index (κ1) is 26.9. The topological polar surface area (TPSA) is 116 Å². The summed E-state index contributed by atoms with van der Waals surface area (Å²) in [6.07, 6.45) is 4.62. The zero-order valence-corrected chi connectivity index (χ0v) is 22.2.